The molecule has 2 rings (SSSR count). The van der Waals surface area contributed by atoms with Gasteiger partial charge in [0.15, 0.2) is 0 Å². The molecule has 0 saturated heterocycles. The molecule has 0 fully saturated rings. The molecule has 0 saturated carbocycles. The first-order valence-corrected chi connectivity index (χ1v) is 11.3. The lowest BCUT2D eigenvalue weighted by Gasteiger charge is -2.21. The molecule has 132 valence electrons. The van der Waals surface area contributed by atoms with Crippen LogP contribution in [0.3, 0.4) is 0 Å². The zero-order valence-electron chi connectivity index (χ0n) is 13.3. The van der Waals surface area contributed by atoms with Crippen molar-refractivity contribution in [1.29, 1.82) is 0 Å². The summed E-state index contributed by atoms with van der Waals surface area (Å²) < 4.78 is 28.4. The quantitative estimate of drug-likeness (QED) is 0.647. The Bertz CT molecular complexity index is 770. The molecule has 0 aliphatic rings. The average Bonchev–Trinajstić information content (AvgIpc) is 3.16. The van der Waals surface area contributed by atoms with Crippen LogP contribution >= 0.6 is 38.6 Å². The van der Waals surface area contributed by atoms with Crippen LogP contribution in [-0.4, -0.2) is 26.9 Å². The van der Waals surface area contributed by atoms with Crippen LogP contribution in [0.15, 0.2) is 37.6 Å². The standard InChI is InChI=1S/C15H19BrN2O3S3/c1-10(2)14(18-24(20,21)13-4-3-9-22-13)15(19)17-8-7-11-5-6-12(16)23-11/h3-6,9-10,14,18H,7-8H2,1-2H3,(H,17,19). The second kappa shape index (κ2) is 8.57. The van der Waals surface area contributed by atoms with E-state index in [0.29, 0.717) is 13.0 Å². The average molecular weight is 451 g/mol. The predicted octanol–water partition coefficient (Wildman–Crippen LogP) is 3.23. The molecule has 0 aliphatic carbocycles. The number of carbonyl (C=O) groups excluding carboxylic acids is 1. The van der Waals surface area contributed by atoms with Crippen molar-refractivity contribution in [2.24, 2.45) is 5.92 Å². The Morgan fingerprint density at radius 1 is 1.29 bits per heavy atom. The summed E-state index contributed by atoms with van der Waals surface area (Å²) in [5, 5.41) is 4.51. The van der Waals surface area contributed by atoms with Gasteiger partial charge in [0.05, 0.1) is 3.79 Å². The smallest absolute Gasteiger partial charge is 0.250 e. The summed E-state index contributed by atoms with van der Waals surface area (Å²) in [6.07, 6.45) is 0.713. The molecule has 0 bridgehead atoms. The Labute approximate surface area is 158 Å². The Morgan fingerprint density at radius 2 is 2.04 bits per heavy atom. The van der Waals surface area contributed by atoms with E-state index in [1.54, 1.807) is 22.8 Å². The molecular weight excluding hydrogens is 432 g/mol. The Kier molecular flexibility index (Phi) is 6.99. The fourth-order valence-corrected chi connectivity index (χ4v) is 5.88. The molecule has 2 N–H and O–H groups in total. The first-order chi connectivity index (χ1) is 11.3. The summed E-state index contributed by atoms with van der Waals surface area (Å²) in [6.45, 7) is 4.10. The van der Waals surface area contributed by atoms with E-state index in [9.17, 15) is 13.2 Å². The maximum absolute atomic E-state index is 12.4. The Hall–Kier alpha value is -0.740. The van der Waals surface area contributed by atoms with E-state index in [2.05, 4.69) is 26.0 Å². The highest BCUT2D eigenvalue weighted by atomic mass is 79.9. The lowest BCUT2D eigenvalue weighted by molar-refractivity contribution is -0.123. The number of carbonyl (C=O) groups is 1. The minimum Gasteiger partial charge on any atom is -0.354 e. The number of hydrogen-bond acceptors (Lipinski definition) is 5. The summed E-state index contributed by atoms with van der Waals surface area (Å²) in [4.78, 5) is 13.5. The van der Waals surface area contributed by atoms with Gasteiger partial charge in [-0.15, -0.1) is 22.7 Å². The third kappa shape index (κ3) is 5.38. The van der Waals surface area contributed by atoms with Crippen molar-refractivity contribution in [3.63, 3.8) is 0 Å². The van der Waals surface area contributed by atoms with Crippen molar-refractivity contribution in [1.82, 2.24) is 10.0 Å². The van der Waals surface area contributed by atoms with Crippen LogP contribution in [0.5, 0.6) is 0 Å². The molecule has 2 aromatic rings. The van der Waals surface area contributed by atoms with Gasteiger partial charge in [0.1, 0.15) is 10.3 Å². The molecule has 0 spiro atoms. The molecule has 5 nitrogen and oxygen atoms in total. The predicted molar refractivity (Wildman–Crippen MR) is 102 cm³/mol. The maximum Gasteiger partial charge on any atom is 0.250 e. The minimum absolute atomic E-state index is 0.157. The zero-order chi connectivity index (χ0) is 17.7. The number of hydrogen-bond donors (Lipinski definition) is 2. The molecular formula is C15H19BrN2O3S3. The van der Waals surface area contributed by atoms with E-state index >= 15 is 0 Å². The molecule has 0 radical (unpaired) electrons. The van der Waals surface area contributed by atoms with E-state index in [1.807, 2.05) is 26.0 Å². The molecule has 1 unspecified atom stereocenters. The highest BCUT2D eigenvalue weighted by molar-refractivity contribution is 9.11. The van der Waals surface area contributed by atoms with Gasteiger partial charge >= 0.3 is 0 Å². The van der Waals surface area contributed by atoms with E-state index in [1.165, 1.54) is 6.07 Å². The maximum atomic E-state index is 12.4. The Morgan fingerprint density at radius 3 is 2.58 bits per heavy atom. The number of halogens is 1. The van der Waals surface area contributed by atoms with Gasteiger partial charge in [-0.1, -0.05) is 19.9 Å². The first kappa shape index (κ1) is 19.6. The van der Waals surface area contributed by atoms with Gasteiger partial charge in [-0.25, -0.2) is 8.42 Å². The van der Waals surface area contributed by atoms with Crippen molar-refractivity contribution in [2.45, 2.75) is 30.5 Å². The minimum atomic E-state index is -3.68. The first-order valence-electron chi connectivity index (χ1n) is 7.37. The lowest BCUT2D eigenvalue weighted by Crippen LogP contribution is -2.49. The van der Waals surface area contributed by atoms with E-state index in [0.717, 1.165) is 20.0 Å². The van der Waals surface area contributed by atoms with Gasteiger partial charge < -0.3 is 5.32 Å². The SMILES string of the molecule is CC(C)C(NS(=O)(=O)c1cccs1)C(=O)NCCc1ccc(Br)s1. The fraction of sp³-hybridized carbons (Fsp3) is 0.400. The zero-order valence-corrected chi connectivity index (χ0v) is 17.3. The number of sulfonamides is 1. The topological polar surface area (TPSA) is 75.3 Å². The van der Waals surface area contributed by atoms with Crippen molar-refractivity contribution in [3.8, 4) is 0 Å². The molecule has 1 atom stereocenters. The molecule has 0 aliphatic heterocycles. The van der Waals surface area contributed by atoms with Crippen LogP contribution in [0.1, 0.15) is 18.7 Å². The monoisotopic (exact) mass is 450 g/mol. The van der Waals surface area contributed by atoms with Gasteiger partial charge in [-0.2, -0.15) is 4.72 Å². The molecule has 0 aromatic carbocycles. The van der Waals surface area contributed by atoms with Crippen molar-refractivity contribution >= 4 is 54.5 Å². The van der Waals surface area contributed by atoms with Crippen molar-refractivity contribution in [2.75, 3.05) is 6.54 Å². The summed E-state index contributed by atoms with van der Waals surface area (Å²) >= 11 is 6.15. The summed E-state index contributed by atoms with van der Waals surface area (Å²) in [5.74, 6) is -0.462. The van der Waals surface area contributed by atoms with Gasteiger partial charge in [0, 0.05) is 11.4 Å². The summed E-state index contributed by atoms with van der Waals surface area (Å²) in [7, 11) is -3.68. The van der Waals surface area contributed by atoms with E-state index < -0.39 is 16.1 Å². The molecule has 9 heteroatoms. The summed E-state index contributed by atoms with van der Waals surface area (Å²) in [5.41, 5.74) is 0. The van der Waals surface area contributed by atoms with Crippen LogP contribution in [-0.2, 0) is 21.2 Å². The van der Waals surface area contributed by atoms with Crippen LogP contribution in [0.4, 0.5) is 0 Å². The molecule has 24 heavy (non-hydrogen) atoms. The van der Waals surface area contributed by atoms with Crippen LogP contribution in [0.25, 0.3) is 0 Å². The van der Waals surface area contributed by atoms with Crippen molar-refractivity contribution < 1.29 is 13.2 Å². The number of amides is 1. The molecule has 2 aromatic heterocycles. The normalized spacial score (nSPS) is 13.2. The van der Waals surface area contributed by atoms with Crippen LogP contribution < -0.4 is 10.0 Å². The third-order valence-electron chi connectivity index (χ3n) is 3.29. The highest BCUT2D eigenvalue weighted by Gasteiger charge is 2.28. The largest absolute Gasteiger partial charge is 0.354 e. The second-order valence-corrected chi connectivity index (χ2v) is 11.0. The van der Waals surface area contributed by atoms with Crippen LogP contribution in [0.2, 0.25) is 0 Å². The number of thiophene rings is 2. The van der Waals surface area contributed by atoms with Gasteiger partial charge in [0.2, 0.25) is 5.91 Å². The fourth-order valence-electron chi connectivity index (χ4n) is 2.04. The number of rotatable bonds is 8. The van der Waals surface area contributed by atoms with Gasteiger partial charge in [-0.05, 0) is 51.8 Å². The van der Waals surface area contributed by atoms with Gasteiger partial charge in [0.25, 0.3) is 10.0 Å². The molecule has 2 heterocycles. The van der Waals surface area contributed by atoms with E-state index in [4.69, 9.17) is 0 Å². The Balaban J connectivity index is 1.95. The lowest BCUT2D eigenvalue weighted by atomic mass is 10.1. The third-order valence-corrected chi connectivity index (χ3v) is 7.81. The molecule has 1 amide bonds. The number of nitrogens with one attached hydrogen (secondary N) is 2. The summed E-state index contributed by atoms with van der Waals surface area (Å²) in [6, 6.07) is 6.36. The van der Waals surface area contributed by atoms with Crippen LogP contribution in [0, 0.1) is 5.92 Å². The van der Waals surface area contributed by atoms with Gasteiger partial charge in [-0.3, -0.25) is 4.79 Å². The highest BCUT2D eigenvalue weighted by Crippen LogP contribution is 2.22. The second-order valence-electron chi connectivity index (χ2n) is 5.52. The van der Waals surface area contributed by atoms with E-state index in [-0.39, 0.29) is 16.0 Å². The van der Waals surface area contributed by atoms with Crippen molar-refractivity contribution in [3.05, 3.63) is 38.3 Å².